The molecule has 0 spiro atoms. The maximum atomic E-state index is 13.0. The third-order valence-corrected chi connectivity index (χ3v) is 6.19. The van der Waals surface area contributed by atoms with Crippen molar-refractivity contribution in [3.05, 3.63) is 45.6 Å². The highest BCUT2D eigenvalue weighted by Crippen LogP contribution is 2.50. The van der Waals surface area contributed by atoms with E-state index >= 15 is 0 Å². The number of fused-ring (bicyclic) bond motifs is 3. The maximum absolute atomic E-state index is 13.0. The van der Waals surface area contributed by atoms with Crippen LogP contribution in [0.4, 0.5) is 5.69 Å². The number of hydrogen-bond acceptors (Lipinski definition) is 6. The van der Waals surface area contributed by atoms with Crippen molar-refractivity contribution in [1.82, 2.24) is 10.6 Å². The lowest BCUT2D eigenvalue weighted by Gasteiger charge is -2.21. The largest absolute Gasteiger partial charge is 0.493 e. The number of anilines is 1. The Labute approximate surface area is 200 Å². The van der Waals surface area contributed by atoms with Gasteiger partial charge in [-0.15, -0.1) is 0 Å². The first kappa shape index (κ1) is 24.6. The van der Waals surface area contributed by atoms with E-state index in [0.29, 0.717) is 28.0 Å². The van der Waals surface area contributed by atoms with Crippen LogP contribution in [0.5, 0.6) is 17.2 Å². The van der Waals surface area contributed by atoms with Gasteiger partial charge in [0.25, 0.3) is 0 Å². The van der Waals surface area contributed by atoms with E-state index in [-0.39, 0.29) is 11.5 Å². The fourth-order valence-electron chi connectivity index (χ4n) is 4.26. The first-order valence-corrected chi connectivity index (χ1v) is 11.6. The molecule has 2 aromatic rings. The summed E-state index contributed by atoms with van der Waals surface area (Å²) in [7, 11) is 6.56. The van der Waals surface area contributed by atoms with Crippen LogP contribution in [0.1, 0.15) is 43.4 Å². The van der Waals surface area contributed by atoms with E-state index in [0.717, 1.165) is 54.5 Å². The van der Waals surface area contributed by atoms with Crippen LogP contribution in [0, 0.1) is 0 Å². The molecule has 0 radical (unpaired) electrons. The van der Waals surface area contributed by atoms with E-state index in [9.17, 15) is 4.79 Å². The topological polar surface area (TPSA) is 80.8 Å². The molecule has 3 rings (SSSR count). The molecule has 0 aromatic heterocycles. The van der Waals surface area contributed by atoms with E-state index < -0.39 is 0 Å². The molecule has 0 amide bonds. The van der Waals surface area contributed by atoms with Gasteiger partial charge < -0.3 is 30.2 Å². The summed E-state index contributed by atoms with van der Waals surface area (Å²) in [5, 5.41) is 10.3. The van der Waals surface area contributed by atoms with Crippen molar-refractivity contribution in [3.8, 4) is 28.4 Å². The molecule has 0 aliphatic heterocycles. The SMILES string of the molecule is CCCCNC(=S)N[C@H]1CCc2cc(OC)c(OC)c(OC)c2-c2ccc(NC)c(=O)cc21. The van der Waals surface area contributed by atoms with Gasteiger partial charge in [-0.2, -0.15) is 0 Å². The Kier molecular flexibility index (Phi) is 8.38. The van der Waals surface area contributed by atoms with Gasteiger partial charge in [-0.1, -0.05) is 19.4 Å². The van der Waals surface area contributed by atoms with E-state index in [1.165, 1.54) is 0 Å². The smallest absolute Gasteiger partial charge is 0.203 e. The zero-order chi connectivity index (χ0) is 24.0. The molecule has 8 heteroatoms. The lowest BCUT2D eigenvalue weighted by Crippen LogP contribution is -2.38. The second-order valence-electron chi connectivity index (χ2n) is 7.90. The van der Waals surface area contributed by atoms with Crippen molar-refractivity contribution < 1.29 is 14.2 Å². The number of rotatable bonds is 8. The third kappa shape index (κ3) is 5.16. The summed E-state index contributed by atoms with van der Waals surface area (Å²) >= 11 is 5.57. The van der Waals surface area contributed by atoms with Crippen LogP contribution in [0.25, 0.3) is 11.1 Å². The summed E-state index contributed by atoms with van der Waals surface area (Å²) < 4.78 is 17.1. The van der Waals surface area contributed by atoms with Crippen LogP contribution >= 0.6 is 12.2 Å². The summed E-state index contributed by atoms with van der Waals surface area (Å²) in [6.45, 7) is 2.95. The van der Waals surface area contributed by atoms with Crippen LogP contribution in [0.15, 0.2) is 29.1 Å². The number of benzene rings is 1. The molecule has 1 aliphatic carbocycles. The zero-order valence-corrected chi connectivity index (χ0v) is 20.8. The lowest BCUT2D eigenvalue weighted by atomic mass is 9.95. The van der Waals surface area contributed by atoms with Crippen LogP contribution in [-0.4, -0.2) is 40.0 Å². The summed E-state index contributed by atoms with van der Waals surface area (Å²) in [6.07, 6.45) is 3.61. The molecule has 1 aliphatic rings. The summed E-state index contributed by atoms with van der Waals surface area (Å²) in [4.78, 5) is 13.0. The number of nitrogens with one attached hydrogen (secondary N) is 3. The number of thiocarbonyl (C=S) groups is 1. The second kappa shape index (κ2) is 11.2. The molecule has 3 N–H and O–H groups in total. The Bertz CT molecular complexity index is 1070. The highest BCUT2D eigenvalue weighted by atomic mass is 32.1. The molecule has 0 fully saturated rings. The molecule has 33 heavy (non-hydrogen) atoms. The quantitative estimate of drug-likeness (QED) is 0.393. The van der Waals surface area contributed by atoms with Gasteiger partial charge in [-0.3, -0.25) is 4.79 Å². The minimum absolute atomic E-state index is 0.0849. The average Bonchev–Trinajstić information content (AvgIpc) is 3.06. The lowest BCUT2D eigenvalue weighted by molar-refractivity contribution is 0.324. The number of ether oxygens (including phenoxy) is 3. The van der Waals surface area contributed by atoms with Gasteiger partial charge in [0.05, 0.1) is 33.1 Å². The molecular formula is C25H33N3O4S. The first-order chi connectivity index (χ1) is 16.0. The van der Waals surface area contributed by atoms with Crippen molar-refractivity contribution in [2.45, 2.75) is 38.6 Å². The molecule has 0 saturated heterocycles. The van der Waals surface area contributed by atoms with Crippen LogP contribution in [0.3, 0.4) is 0 Å². The minimum Gasteiger partial charge on any atom is -0.493 e. The number of hydrogen-bond donors (Lipinski definition) is 3. The van der Waals surface area contributed by atoms with Gasteiger partial charge in [0.1, 0.15) is 0 Å². The molecular weight excluding hydrogens is 438 g/mol. The van der Waals surface area contributed by atoms with Gasteiger partial charge in [-0.25, -0.2) is 0 Å². The number of unbranched alkanes of at least 4 members (excludes halogenated alkanes) is 1. The van der Waals surface area contributed by atoms with Gasteiger partial charge in [0.15, 0.2) is 16.6 Å². The fourth-order valence-corrected chi connectivity index (χ4v) is 4.50. The number of methoxy groups -OCH3 is 3. The Balaban J connectivity index is 2.22. The predicted octanol–water partition coefficient (Wildman–Crippen LogP) is 4.03. The van der Waals surface area contributed by atoms with Gasteiger partial charge in [0.2, 0.25) is 11.2 Å². The van der Waals surface area contributed by atoms with Crippen LogP contribution in [0.2, 0.25) is 0 Å². The zero-order valence-electron chi connectivity index (χ0n) is 20.0. The van der Waals surface area contributed by atoms with Crippen molar-refractivity contribution in [1.29, 1.82) is 0 Å². The van der Waals surface area contributed by atoms with Gasteiger partial charge >= 0.3 is 0 Å². The van der Waals surface area contributed by atoms with E-state index in [1.807, 2.05) is 12.1 Å². The molecule has 1 atom stereocenters. The summed E-state index contributed by atoms with van der Waals surface area (Å²) in [5.41, 5.74) is 4.16. The van der Waals surface area contributed by atoms with Crippen LogP contribution < -0.4 is 35.6 Å². The Hall–Kier alpha value is -3.00. The minimum atomic E-state index is -0.152. The van der Waals surface area contributed by atoms with Crippen molar-refractivity contribution >= 4 is 23.0 Å². The maximum Gasteiger partial charge on any atom is 0.203 e. The average molecular weight is 472 g/mol. The molecule has 0 bridgehead atoms. The highest BCUT2D eigenvalue weighted by Gasteiger charge is 2.29. The van der Waals surface area contributed by atoms with Gasteiger partial charge in [0, 0.05) is 19.2 Å². The highest BCUT2D eigenvalue weighted by molar-refractivity contribution is 7.80. The first-order valence-electron chi connectivity index (χ1n) is 11.2. The van der Waals surface area contributed by atoms with E-state index in [4.69, 9.17) is 26.4 Å². The van der Waals surface area contributed by atoms with E-state index in [1.54, 1.807) is 40.5 Å². The molecule has 0 unspecified atom stereocenters. The second-order valence-corrected chi connectivity index (χ2v) is 8.31. The van der Waals surface area contributed by atoms with E-state index in [2.05, 4.69) is 22.9 Å². The normalized spacial score (nSPS) is 14.3. The predicted molar refractivity (Wildman–Crippen MR) is 137 cm³/mol. The Morgan fingerprint density at radius 1 is 1.12 bits per heavy atom. The number of aryl methyl sites for hydroxylation is 1. The molecule has 178 valence electrons. The van der Waals surface area contributed by atoms with Crippen molar-refractivity contribution in [2.24, 2.45) is 0 Å². The monoisotopic (exact) mass is 471 g/mol. The standard InChI is InChI=1S/C25H33N3O4S/c1-6-7-12-27-25(33)28-18-10-8-15-13-21(30-3)23(31-4)24(32-5)22(15)16-9-11-19(26-2)20(29)14-17(16)18/h9,11,13-14,18H,6-8,10,12H2,1-5H3,(H,26,29)(H2,27,28,33)/t18-/m0/s1. The molecule has 0 saturated carbocycles. The molecule has 7 nitrogen and oxygen atoms in total. The summed E-state index contributed by atoms with van der Waals surface area (Å²) in [5.74, 6) is 1.72. The third-order valence-electron chi connectivity index (χ3n) is 5.93. The van der Waals surface area contributed by atoms with Crippen molar-refractivity contribution in [3.63, 3.8) is 0 Å². The fraction of sp³-hybridized carbons (Fsp3) is 0.440. The molecule has 2 aromatic carbocycles. The van der Waals surface area contributed by atoms with Crippen LogP contribution in [-0.2, 0) is 6.42 Å². The molecule has 0 heterocycles. The Morgan fingerprint density at radius 2 is 1.88 bits per heavy atom. The summed E-state index contributed by atoms with van der Waals surface area (Å²) in [6, 6.07) is 7.30. The Morgan fingerprint density at radius 3 is 2.52 bits per heavy atom. The van der Waals surface area contributed by atoms with Gasteiger partial charge in [-0.05, 0) is 66.4 Å². The van der Waals surface area contributed by atoms with Crippen molar-refractivity contribution in [2.75, 3.05) is 40.2 Å².